The SMILES string of the molecule is C[B]CCOC(=O)c1ccc(N(C)C)cc1. The average molecular weight is 218 g/mol. The predicted molar refractivity (Wildman–Crippen MR) is 67.5 cm³/mol. The fourth-order valence-corrected chi connectivity index (χ4v) is 1.25. The van der Waals surface area contributed by atoms with E-state index in [1.54, 1.807) is 12.1 Å². The first-order valence-corrected chi connectivity index (χ1v) is 5.37. The third kappa shape index (κ3) is 3.61. The highest BCUT2D eigenvalue weighted by Gasteiger charge is 2.06. The number of hydrogen-bond acceptors (Lipinski definition) is 3. The van der Waals surface area contributed by atoms with E-state index in [4.69, 9.17) is 4.74 Å². The Balaban J connectivity index is 2.56. The number of nitrogens with zero attached hydrogens (tertiary/aromatic N) is 1. The van der Waals surface area contributed by atoms with Gasteiger partial charge in [-0.2, -0.15) is 0 Å². The Morgan fingerprint density at radius 3 is 2.44 bits per heavy atom. The lowest BCUT2D eigenvalue weighted by Gasteiger charge is -2.12. The van der Waals surface area contributed by atoms with Gasteiger partial charge in [0.25, 0.3) is 0 Å². The number of rotatable bonds is 5. The van der Waals surface area contributed by atoms with Crippen molar-refractivity contribution in [3.8, 4) is 0 Å². The molecule has 1 aromatic carbocycles. The van der Waals surface area contributed by atoms with Crippen LogP contribution < -0.4 is 4.90 Å². The summed E-state index contributed by atoms with van der Waals surface area (Å²) in [4.78, 5) is 13.5. The summed E-state index contributed by atoms with van der Waals surface area (Å²) in [7, 11) is 5.90. The Bertz CT molecular complexity index is 335. The van der Waals surface area contributed by atoms with Gasteiger partial charge in [-0.1, -0.05) is 6.82 Å². The lowest BCUT2D eigenvalue weighted by molar-refractivity contribution is 0.0526. The fraction of sp³-hybridized carbons (Fsp3) is 0.417. The van der Waals surface area contributed by atoms with Crippen molar-refractivity contribution in [2.45, 2.75) is 13.1 Å². The summed E-state index contributed by atoms with van der Waals surface area (Å²) in [6.45, 7) is 2.39. The lowest BCUT2D eigenvalue weighted by Crippen LogP contribution is -2.10. The summed E-state index contributed by atoms with van der Waals surface area (Å²) < 4.78 is 5.09. The van der Waals surface area contributed by atoms with Crippen LogP contribution in [0.4, 0.5) is 5.69 Å². The minimum atomic E-state index is -0.257. The lowest BCUT2D eigenvalue weighted by atomic mass is 9.79. The maximum absolute atomic E-state index is 11.6. The van der Waals surface area contributed by atoms with Crippen LogP contribution in [0, 0.1) is 0 Å². The van der Waals surface area contributed by atoms with Crippen molar-refractivity contribution < 1.29 is 9.53 Å². The molecule has 0 unspecified atom stereocenters. The molecule has 1 rings (SSSR count). The molecule has 4 heteroatoms. The van der Waals surface area contributed by atoms with Crippen LogP contribution in [0.1, 0.15) is 10.4 Å². The van der Waals surface area contributed by atoms with Crippen molar-refractivity contribution in [3.63, 3.8) is 0 Å². The Morgan fingerprint density at radius 2 is 1.94 bits per heavy atom. The number of hydrogen-bond donors (Lipinski definition) is 0. The molecule has 0 saturated carbocycles. The second-order valence-electron chi connectivity index (χ2n) is 3.77. The summed E-state index contributed by atoms with van der Waals surface area (Å²) in [6, 6.07) is 7.38. The molecular formula is C12H17BNO2. The molecule has 1 radical (unpaired) electrons. The van der Waals surface area contributed by atoms with E-state index in [1.165, 1.54) is 0 Å². The second-order valence-corrected chi connectivity index (χ2v) is 3.77. The second kappa shape index (κ2) is 6.21. The van der Waals surface area contributed by atoms with Crippen LogP contribution in [0.2, 0.25) is 13.1 Å². The van der Waals surface area contributed by atoms with E-state index in [1.807, 2.05) is 45.2 Å². The first-order valence-electron chi connectivity index (χ1n) is 5.37. The number of esters is 1. The molecule has 16 heavy (non-hydrogen) atoms. The summed E-state index contributed by atoms with van der Waals surface area (Å²) in [5.74, 6) is -0.257. The summed E-state index contributed by atoms with van der Waals surface area (Å²) in [6.07, 6.45) is 0.793. The van der Waals surface area contributed by atoms with Gasteiger partial charge in [-0.3, -0.25) is 0 Å². The molecule has 0 heterocycles. The van der Waals surface area contributed by atoms with Crippen molar-refractivity contribution >= 4 is 18.9 Å². The van der Waals surface area contributed by atoms with Gasteiger partial charge in [0, 0.05) is 19.8 Å². The van der Waals surface area contributed by atoms with Gasteiger partial charge in [0.05, 0.1) is 12.2 Å². The number of carbonyl (C=O) groups is 1. The highest BCUT2D eigenvalue weighted by Crippen LogP contribution is 2.12. The van der Waals surface area contributed by atoms with E-state index in [2.05, 4.69) is 0 Å². The van der Waals surface area contributed by atoms with Crippen LogP contribution in [0.25, 0.3) is 0 Å². The van der Waals surface area contributed by atoms with Crippen LogP contribution in [-0.4, -0.2) is 34.0 Å². The predicted octanol–water partition coefficient (Wildman–Crippen LogP) is 2.08. The largest absolute Gasteiger partial charge is 0.463 e. The standard InChI is InChI=1S/C12H17BNO2/c1-13-8-9-16-12(15)10-4-6-11(7-5-10)14(2)3/h4-7H,8-9H2,1-3H3. The van der Waals surface area contributed by atoms with Crippen LogP contribution in [-0.2, 0) is 4.74 Å². The summed E-state index contributed by atoms with van der Waals surface area (Å²) >= 11 is 0. The third-order valence-electron chi connectivity index (χ3n) is 2.26. The molecular weight excluding hydrogens is 201 g/mol. The molecule has 0 amide bonds. The minimum Gasteiger partial charge on any atom is -0.463 e. The van der Waals surface area contributed by atoms with Crippen molar-refractivity contribution in [1.29, 1.82) is 0 Å². The molecule has 0 bridgehead atoms. The van der Waals surface area contributed by atoms with Crippen LogP contribution in [0.3, 0.4) is 0 Å². The normalized spacial score (nSPS) is 9.69. The first kappa shape index (κ1) is 12.6. The van der Waals surface area contributed by atoms with Gasteiger partial charge in [-0.25, -0.2) is 4.79 Å². The molecule has 0 saturated heterocycles. The van der Waals surface area contributed by atoms with Crippen LogP contribution in [0.15, 0.2) is 24.3 Å². The molecule has 0 atom stereocenters. The summed E-state index contributed by atoms with van der Waals surface area (Å²) in [5, 5.41) is 0. The zero-order valence-corrected chi connectivity index (χ0v) is 10.1. The molecule has 0 N–H and O–H groups in total. The van der Waals surface area contributed by atoms with Gasteiger partial charge in [-0.15, -0.1) is 0 Å². The number of benzene rings is 1. The zero-order chi connectivity index (χ0) is 12.0. The van der Waals surface area contributed by atoms with E-state index in [9.17, 15) is 4.79 Å². The fourth-order valence-electron chi connectivity index (χ4n) is 1.25. The van der Waals surface area contributed by atoms with Gasteiger partial charge >= 0.3 is 5.97 Å². The monoisotopic (exact) mass is 218 g/mol. The Labute approximate surface area is 97.6 Å². The molecule has 0 aliphatic heterocycles. The van der Waals surface area contributed by atoms with E-state index in [0.717, 1.165) is 12.0 Å². The Hall–Kier alpha value is -1.45. The maximum atomic E-state index is 11.6. The van der Waals surface area contributed by atoms with Crippen molar-refractivity contribution in [2.24, 2.45) is 0 Å². The van der Waals surface area contributed by atoms with Crippen LogP contribution in [0.5, 0.6) is 0 Å². The number of anilines is 1. The van der Waals surface area contributed by atoms with Crippen molar-refractivity contribution in [1.82, 2.24) is 0 Å². The number of ether oxygens (including phenoxy) is 1. The maximum Gasteiger partial charge on any atom is 0.338 e. The van der Waals surface area contributed by atoms with Crippen LogP contribution >= 0.6 is 0 Å². The van der Waals surface area contributed by atoms with E-state index in [0.29, 0.717) is 12.2 Å². The minimum absolute atomic E-state index is 0.257. The summed E-state index contributed by atoms with van der Waals surface area (Å²) in [5.41, 5.74) is 1.67. The van der Waals surface area contributed by atoms with E-state index >= 15 is 0 Å². The molecule has 0 spiro atoms. The Morgan fingerprint density at radius 1 is 1.31 bits per heavy atom. The average Bonchev–Trinajstić information content (AvgIpc) is 2.29. The molecule has 1 aromatic rings. The van der Waals surface area contributed by atoms with Gasteiger partial charge in [-0.05, 0) is 30.6 Å². The van der Waals surface area contributed by atoms with E-state index in [-0.39, 0.29) is 5.97 Å². The molecule has 3 nitrogen and oxygen atoms in total. The Kier molecular flexibility index (Phi) is 4.90. The van der Waals surface area contributed by atoms with Gasteiger partial charge in [0.2, 0.25) is 0 Å². The molecule has 0 aliphatic rings. The molecule has 85 valence electrons. The first-order chi connectivity index (χ1) is 7.65. The van der Waals surface area contributed by atoms with E-state index < -0.39 is 0 Å². The van der Waals surface area contributed by atoms with Crippen molar-refractivity contribution in [3.05, 3.63) is 29.8 Å². The van der Waals surface area contributed by atoms with Gasteiger partial charge in [0.1, 0.15) is 7.28 Å². The zero-order valence-electron chi connectivity index (χ0n) is 10.1. The molecule has 0 aromatic heterocycles. The topological polar surface area (TPSA) is 29.5 Å². The highest BCUT2D eigenvalue weighted by atomic mass is 16.5. The molecule has 0 fully saturated rings. The quantitative estimate of drug-likeness (QED) is 0.430. The van der Waals surface area contributed by atoms with Gasteiger partial charge < -0.3 is 9.64 Å². The molecule has 0 aliphatic carbocycles. The third-order valence-corrected chi connectivity index (χ3v) is 2.26. The highest BCUT2D eigenvalue weighted by molar-refractivity contribution is 6.33. The van der Waals surface area contributed by atoms with Crippen molar-refractivity contribution in [2.75, 3.05) is 25.6 Å². The van der Waals surface area contributed by atoms with Gasteiger partial charge in [0.15, 0.2) is 0 Å². The number of carbonyl (C=O) groups excluding carboxylic acids is 1. The smallest absolute Gasteiger partial charge is 0.338 e.